The van der Waals surface area contributed by atoms with Crippen LogP contribution in [0.25, 0.3) is 0 Å². The van der Waals surface area contributed by atoms with E-state index in [1.165, 1.54) is 0 Å². The number of urea groups is 1. The number of carbonyl (C=O) groups is 3. The molecule has 0 spiro atoms. The number of nitrogens with two attached hydrogens (primary N) is 1. The van der Waals surface area contributed by atoms with Crippen molar-refractivity contribution < 1.29 is 19.1 Å². The largest absolute Gasteiger partial charge is 0.497 e. The Kier molecular flexibility index (Phi) is 6.52. The second kappa shape index (κ2) is 9.46. The van der Waals surface area contributed by atoms with Crippen LogP contribution < -0.4 is 15.8 Å². The fourth-order valence-electron chi connectivity index (χ4n) is 5.00. The van der Waals surface area contributed by atoms with Crippen molar-refractivity contribution in [2.24, 2.45) is 11.8 Å². The highest BCUT2D eigenvalue weighted by Gasteiger charge is 2.50. The first-order chi connectivity index (χ1) is 16.8. The maximum Gasteiger partial charge on any atom is 0.322 e. The Balaban J connectivity index is 1.17. The summed E-state index contributed by atoms with van der Waals surface area (Å²) in [5.74, 6) is 0.159. The van der Waals surface area contributed by atoms with E-state index in [2.05, 4.69) is 37.2 Å². The van der Waals surface area contributed by atoms with E-state index in [9.17, 15) is 14.4 Å². The number of ether oxygens (including phenoxy) is 1. The molecule has 0 radical (unpaired) electrons. The Morgan fingerprint density at radius 2 is 1.77 bits per heavy atom. The van der Waals surface area contributed by atoms with E-state index in [0.29, 0.717) is 64.8 Å². The number of amides is 3. The van der Waals surface area contributed by atoms with Gasteiger partial charge in [0.1, 0.15) is 5.75 Å². The molecule has 2 aromatic rings. The highest BCUT2D eigenvalue weighted by molar-refractivity contribution is 9.11. The number of halogens is 2. The number of fused-ring (bicyclic) bond motifs is 1. The van der Waals surface area contributed by atoms with Gasteiger partial charge in [0.25, 0.3) is 0 Å². The summed E-state index contributed by atoms with van der Waals surface area (Å²) in [6.45, 7) is 1.70. The van der Waals surface area contributed by atoms with Gasteiger partial charge in [-0.05, 0) is 74.9 Å². The quantitative estimate of drug-likeness (QED) is 0.381. The van der Waals surface area contributed by atoms with E-state index < -0.39 is 0 Å². The second-order valence-corrected chi connectivity index (χ2v) is 11.0. The number of ketones is 1. The molecule has 184 valence electrons. The Bertz CT molecular complexity index is 1190. The summed E-state index contributed by atoms with van der Waals surface area (Å²) in [6.07, 6.45) is 2.01. The van der Waals surface area contributed by atoms with Gasteiger partial charge in [-0.2, -0.15) is 0 Å². The minimum atomic E-state index is -0.288. The first-order valence-corrected chi connectivity index (χ1v) is 13.2. The van der Waals surface area contributed by atoms with Gasteiger partial charge in [-0.1, -0.05) is 6.07 Å². The average Bonchev–Trinajstić information content (AvgIpc) is 3.66. The van der Waals surface area contributed by atoms with Crippen LogP contribution in [0, 0.1) is 11.8 Å². The lowest BCUT2D eigenvalue weighted by Crippen LogP contribution is -2.51. The third-order valence-electron chi connectivity index (χ3n) is 7.19. The van der Waals surface area contributed by atoms with Gasteiger partial charge in [-0.25, -0.2) is 4.79 Å². The SMILES string of the molecule is COc1ccc2c(c1)NC(=O)N(C1CCN(C(=O)[C@@H]3C[C@H]3C(=O)c3cc(Br)c(N)c(Br)c3)CC1)C2. The molecular formula is C25H26Br2N4O4. The van der Waals surface area contributed by atoms with Crippen molar-refractivity contribution in [2.75, 3.05) is 31.2 Å². The van der Waals surface area contributed by atoms with E-state index >= 15 is 0 Å². The highest BCUT2D eigenvalue weighted by Crippen LogP contribution is 2.44. The molecule has 35 heavy (non-hydrogen) atoms. The molecule has 0 unspecified atom stereocenters. The lowest BCUT2D eigenvalue weighted by atomic mass is 10.00. The normalized spacial score (nSPS) is 21.9. The van der Waals surface area contributed by atoms with Gasteiger partial charge < -0.3 is 25.6 Å². The Morgan fingerprint density at radius 3 is 2.43 bits per heavy atom. The smallest absolute Gasteiger partial charge is 0.322 e. The van der Waals surface area contributed by atoms with Crippen LogP contribution in [0.2, 0.25) is 0 Å². The molecule has 8 nitrogen and oxygen atoms in total. The summed E-state index contributed by atoms with van der Waals surface area (Å²) in [4.78, 5) is 42.5. The zero-order valence-electron chi connectivity index (χ0n) is 19.2. The number of rotatable bonds is 5. The number of nitrogens with zero attached hydrogens (tertiary/aromatic N) is 2. The average molecular weight is 606 g/mol. The molecule has 3 amide bonds. The standard InChI is InChI=1S/C25H26Br2N4O4/c1-35-16-3-2-13-12-31(25(34)29-21(13)10-16)15-4-6-30(7-5-15)24(33)18-11-17(18)23(32)14-8-19(26)22(28)20(27)9-14/h2-3,8-10,15,17-18H,4-7,11-12,28H2,1H3,(H,29,34)/t17-,18-/m1/s1. The van der Waals surface area contributed by atoms with E-state index in [1.54, 1.807) is 19.2 Å². The minimum Gasteiger partial charge on any atom is -0.497 e. The molecule has 3 N–H and O–H groups in total. The summed E-state index contributed by atoms with van der Waals surface area (Å²) in [7, 11) is 1.60. The van der Waals surface area contributed by atoms with Gasteiger partial charge in [-0.3, -0.25) is 9.59 Å². The molecule has 5 rings (SSSR count). The van der Waals surface area contributed by atoms with Crippen LogP contribution in [-0.2, 0) is 11.3 Å². The van der Waals surface area contributed by atoms with Gasteiger partial charge in [0.05, 0.1) is 18.5 Å². The molecule has 1 saturated heterocycles. The van der Waals surface area contributed by atoms with Gasteiger partial charge >= 0.3 is 6.03 Å². The number of hydrogen-bond acceptors (Lipinski definition) is 5. The summed E-state index contributed by atoms with van der Waals surface area (Å²) >= 11 is 6.76. The molecule has 1 aliphatic carbocycles. The van der Waals surface area contributed by atoms with E-state index in [1.807, 2.05) is 28.0 Å². The number of nitrogens with one attached hydrogen (secondary N) is 1. The maximum absolute atomic E-state index is 13.1. The number of hydrogen-bond donors (Lipinski definition) is 2. The van der Waals surface area contributed by atoms with Crippen molar-refractivity contribution in [1.82, 2.24) is 9.80 Å². The number of Topliss-reactive ketones (excluding diaryl/α,β-unsaturated/α-hetero) is 1. The van der Waals surface area contributed by atoms with Crippen molar-refractivity contribution >= 4 is 61.0 Å². The Morgan fingerprint density at radius 1 is 1.09 bits per heavy atom. The molecule has 2 fully saturated rings. The molecule has 2 heterocycles. The molecule has 0 bridgehead atoms. The zero-order chi connectivity index (χ0) is 24.9. The van der Waals surface area contributed by atoms with Crippen LogP contribution >= 0.6 is 31.9 Å². The number of likely N-dealkylation sites (tertiary alicyclic amines) is 1. The summed E-state index contributed by atoms with van der Waals surface area (Å²) < 4.78 is 6.56. The van der Waals surface area contributed by atoms with Crippen molar-refractivity contribution in [1.29, 1.82) is 0 Å². The first-order valence-electron chi connectivity index (χ1n) is 11.6. The number of piperidine rings is 1. The van der Waals surface area contributed by atoms with E-state index in [4.69, 9.17) is 10.5 Å². The minimum absolute atomic E-state index is 0.0279. The van der Waals surface area contributed by atoms with Crippen LogP contribution in [0.3, 0.4) is 0 Å². The van der Waals surface area contributed by atoms with Gasteiger partial charge in [0.2, 0.25) is 5.91 Å². The number of anilines is 2. The Hall–Kier alpha value is -2.59. The van der Waals surface area contributed by atoms with Crippen molar-refractivity contribution in [3.05, 3.63) is 50.4 Å². The topological polar surface area (TPSA) is 105 Å². The zero-order valence-corrected chi connectivity index (χ0v) is 22.4. The second-order valence-electron chi connectivity index (χ2n) is 9.30. The predicted molar refractivity (Wildman–Crippen MR) is 139 cm³/mol. The lowest BCUT2D eigenvalue weighted by molar-refractivity contribution is -0.134. The van der Waals surface area contributed by atoms with Crippen molar-refractivity contribution in [3.63, 3.8) is 0 Å². The number of benzene rings is 2. The first kappa shape index (κ1) is 24.1. The third kappa shape index (κ3) is 4.65. The lowest BCUT2D eigenvalue weighted by Gasteiger charge is -2.40. The molecule has 10 heteroatoms. The molecule has 0 aromatic heterocycles. The number of methoxy groups -OCH3 is 1. The van der Waals surface area contributed by atoms with Crippen LogP contribution in [0.5, 0.6) is 5.75 Å². The van der Waals surface area contributed by atoms with Crippen LogP contribution in [0.15, 0.2) is 39.3 Å². The third-order valence-corrected chi connectivity index (χ3v) is 8.50. The van der Waals surface area contributed by atoms with E-state index in [0.717, 1.165) is 11.3 Å². The van der Waals surface area contributed by atoms with Crippen LogP contribution in [-0.4, -0.2) is 53.8 Å². The summed E-state index contributed by atoms with van der Waals surface area (Å²) in [5.41, 5.74) is 8.84. The summed E-state index contributed by atoms with van der Waals surface area (Å²) in [5, 5.41) is 2.96. The molecule has 3 aliphatic rings. The van der Waals surface area contributed by atoms with Gasteiger partial charge in [0, 0.05) is 58.1 Å². The molecule has 2 aliphatic heterocycles. The van der Waals surface area contributed by atoms with Crippen molar-refractivity contribution in [2.45, 2.75) is 31.8 Å². The van der Waals surface area contributed by atoms with Crippen molar-refractivity contribution in [3.8, 4) is 5.75 Å². The number of nitrogen functional groups attached to an aromatic ring is 1. The molecular weight excluding hydrogens is 580 g/mol. The molecule has 1 saturated carbocycles. The van der Waals surface area contributed by atoms with E-state index in [-0.39, 0.29) is 35.6 Å². The van der Waals surface area contributed by atoms with Crippen LogP contribution in [0.1, 0.15) is 35.2 Å². The monoisotopic (exact) mass is 604 g/mol. The molecule has 2 aromatic carbocycles. The fourth-order valence-corrected chi connectivity index (χ4v) is 6.19. The number of carbonyl (C=O) groups excluding carboxylic acids is 3. The molecule has 2 atom stereocenters. The van der Waals surface area contributed by atoms with Crippen LogP contribution in [0.4, 0.5) is 16.2 Å². The Labute approximate surface area is 220 Å². The maximum atomic E-state index is 13.1. The van der Waals surface area contributed by atoms with Gasteiger partial charge in [-0.15, -0.1) is 0 Å². The summed E-state index contributed by atoms with van der Waals surface area (Å²) in [6, 6.07) is 9.07. The fraction of sp³-hybridized carbons (Fsp3) is 0.400. The van der Waals surface area contributed by atoms with Gasteiger partial charge in [0.15, 0.2) is 5.78 Å². The predicted octanol–water partition coefficient (Wildman–Crippen LogP) is 4.66. The highest BCUT2D eigenvalue weighted by atomic mass is 79.9.